The van der Waals surface area contributed by atoms with E-state index in [0.29, 0.717) is 17.3 Å². The summed E-state index contributed by atoms with van der Waals surface area (Å²) in [7, 11) is -3.73. The molecule has 0 fully saturated rings. The lowest BCUT2D eigenvalue weighted by Crippen LogP contribution is -2.28. The van der Waals surface area contributed by atoms with E-state index in [0.717, 1.165) is 22.0 Å². The van der Waals surface area contributed by atoms with Crippen molar-refractivity contribution in [1.82, 2.24) is 35.1 Å². The lowest BCUT2D eigenvalue weighted by atomic mass is 10.2. The maximum Gasteiger partial charge on any atom is 0.251 e. The minimum absolute atomic E-state index is 0.0632. The molecule has 0 atom stereocenters. The maximum atomic E-state index is 12.4. The third kappa shape index (κ3) is 4.19. The molecule has 3 heterocycles. The van der Waals surface area contributed by atoms with Crippen molar-refractivity contribution in [3.05, 3.63) is 61.1 Å². The highest BCUT2D eigenvalue weighted by atomic mass is 32.2. The normalized spacial score (nSPS) is 11.8. The van der Waals surface area contributed by atoms with E-state index in [2.05, 4.69) is 40.5 Å². The first-order valence-corrected chi connectivity index (χ1v) is 11.4. The summed E-state index contributed by atoms with van der Waals surface area (Å²) in [4.78, 5) is 9.03. The van der Waals surface area contributed by atoms with Gasteiger partial charge < -0.3 is 5.11 Å². The number of hydrazine groups is 1. The van der Waals surface area contributed by atoms with Crippen LogP contribution in [-0.2, 0) is 10.0 Å². The molecule has 0 aliphatic heterocycles. The number of aliphatic hydroxyl groups is 1. The van der Waals surface area contributed by atoms with Gasteiger partial charge in [0.2, 0.25) is 10.0 Å². The van der Waals surface area contributed by atoms with Crippen molar-refractivity contribution < 1.29 is 13.5 Å². The molecule has 0 aliphatic rings. The average Bonchev–Trinajstić information content (AvgIpc) is 3.50. The molecule has 0 unspecified atom stereocenters. The summed E-state index contributed by atoms with van der Waals surface area (Å²) < 4.78 is 27.0. The number of H-pyrrole nitrogens is 2. The second-order valence-corrected chi connectivity index (χ2v) is 8.85. The molecule has 0 radical (unpaired) electrons. The quantitative estimate of drug-likeness (QED) is 0.214. The van der Waals surface area contributed by atoms with Crippen molar-refractivity contribution in [1.29, 1.82) is 0 Å². The second kappa shape index (κ2) is 8.46. The Kier molecular flexibility index (Phi) is 5.34. The third-order valence-electron chi connectivity index (χ3n) is 4.87. The molecule has 13 heteroatoms. The SMILES string of the molecule is O=S(=O)(NCCO)c1ccc(N(Nc2ccc3[nH]ncc3c2)c2ncc3cn[nH]c3n2)cc1. The van der Waals surface area contributed by atoms with Crippen LogP contribution < -0.4 is 15.2 Å². The fourth-order valence-electron chi connectivity index (χ4n) is 3.25. The molecule has 5 N–H and O–H groups in total. The van der Waals surface area contributed by atoms with Crippen LogP contribution in [0.4, 0.5) is 17.3 Å². The molecule has 3 aromatic heterocycles. The Balaban J connectivity index is 1.52. The fraction of sp³-hybridized carbons (Fsp3) is 0.100. The Hall–Kier alpha value is -4.07. The van der Waals surface area contributed by atoms with Crippen molar-refractivity contribution in [2.45, 2.75) is 4.90 Å². The van der Waals surface area contributed by atoms with E-state index in [-0.39, 0.29) is 18.0 Å². The Labute approximate surface area is 187 Å². The number of nitrogens with zero attached hydrogens (tertiary/aromatic N) is 5. The number of fused-ring (bicyclic) bond motifs is 2. The summed E-state index contributed by atoms with van der Waals surface area (Å²) in [6.07, 6.45) is 4.99. The zero-order valence-electron chi connectivity index (χ0n) is 17.1. The monoisotopic (exact) mass is 465 g/mol. The molecule has 0 spiro atoms. The summed E-state index contributed by atoms with van der Waals surface area (Å²) in [5.41, 5.74) is 6.08. The van der Waals surface area contributed by atoms with Crippen molar-refractivity contribution in [2.75, 3.05) is 23.6 Å². The molecule has 2 aromatic carbocycles. The highest BCUT2D eigenvalue weighted by Crippen LogP contribution is 2.27. The summed E-state index contributed by atoms with van der Waals surface area (Å²) in [6, 6.07) is 11.9. The third-order valence-corrected chi connectivity index (χ3v) is 6.35. The van der Waals surface area contributed by atoms with Gasteiger partial charge in [-0.25, -0.2) is 23.1 Å². The minimum Gasteiger partial charge on any atom is -0.395 e. The number of anilines is 3. The van der Waals surface area contributed by atoms with Crippen molar-refractivity contribution in [3.63, 3.8) is 0 Å². The number of aliphatic hydroxyl groups excluding tert-OH is 1. The van der Waals surface area contributed by atoms with E-state index in [9.17, 15) is 8.42 Å². The Morgan fingerprint density at radius 2 is 1.76 bits per heavy atom. The van der Waals surface area contributed by atoms with Gasteiger partial charge >= 0.3 is 0 Å². The number of rotatable bonds is 8. The van der Waals surface area contributed by atoms with Crippen LogP contribution in [0.1, 0.15) is 0 Å². The number of aromatic nitrogens is 6. The maximum absolute atomic E-state index is 12.4. The fourth-order valence-corrected chi connectivity index (χ4v) is 4.27. The lowest BCUT2D eigenvalue weighted by Gasteiger charge is -2.24. The average molecular weight is 465 g/mol. The number of aromatic amines is 2. The molecule has 5 aromatic rings. The lowest BCUT2D eigenvalue weighted by molar-refractivity contribution is 0.301. The van der Waals surface area contributed by atoms with Gasteiger partial charge in [0, 0.05) is 18.1 Å². The van der Waals surface area contributed by atoms with Gasteiger partial charge in [-0.15, -0.1) is 0 Å². The predicted molar refractivity (Wildman–Crippen MR) is 122 cm³/mol. The number of hydrogen-bond donors (Lipinski definition) is 5. The van der Waals surface area contributed by atoms with E-state index in [1.165, 1.54) is 12.1 Å². The highest BCUT2D eigenvalue weighted by molar-refractivity contribution is 7.89. The Morgan fingerprint density at radius 3 is 2.58 bits per heavy atom. The smallest absolute Gasteiger partial charge is 0.251 e. The van der Waals surface area contributed by atoms with E-state index >= 15 is 0 Å². The number of hydrogen-bond acceptors (Lipinski definition) is 9. The summed E-state index contributed by atoms with van der Waals surface area (Å²) in [6.45, 7) is -0.351. The zero-order valence-corrected chi connectivity index (χ0v) is 17.9. The van der Waals surface area contributed by atoms with Gasteiger partial charge in [0.1, 0.15) is 0 Å². The van der Waals surface area contributed by atoms with Crippen LogP contribution in [0, 0.1) is 0 Å². The van der Waals surface area contributed by atoms with E-state index in [4.69, 9.17) is 5.11 Å². The Bertz CT molecular complexity index is 1510. The molecular weight excluding hydrogens is 446 g/mol. The van der Waals surface area contributed by atoms with Gasteiger partial charge in [0.15, 0.2) is 5.65 Å². The Morgan fingerprint density at radius 1 is 0.970 bits per heavy atom. The van der Waals surface area contributed by atoms with Gasteiger partial charge in [-0.05, 0) is 42.5 Å². The zero-order chi connectivity index (χ0) is 22.8. The molecule has 0 aliphatic carbocycles. The molecule has 0 bridgehead atoms. The van der Waals surface area contributed by atoms with Crippen LogP contribution in [0.25, 0.3) is 21.9 Å². The van der Waals surface area contributed by atoms with E-state index < -0.39 is 10.0 Å². The minimum atomic E-state index is -3.73. The van der Waals surface area contributed by atoms with Crippen LogP contribution in [0.2, 0.25) is 0 Å². The summed E-state index contributed by atoms with van der Waals surface area (Å²) in [5, 5.41) is 26.0. The molecule has 0 saturated heterocycles. The highest BCUT2D eigenvalue weighted by Gasteiger charge is 2.18. The van der Waals surface area contributed by atoms with Crippen LogP contribution in [0.3, 0.4) is 0 Å². The first kappa shape index (κ1) is 20.8. The van der Waals surface area contributed by atoms with Gasteiger partial charge in [-0.2, -0.15) is 15.2 Å². The van der Waals surface area contributed by atoms with Crippen molar-refractivity contribution >= 4 is 49.3 Å². The predicted octanol–water partition coefficient (Wildman–Crippen LogP) is 1.66. The van der Waals surface area contributed by atoms with Crippen molar-refractivity contribution in [2.24, 2.45) is 0 Å². The van der Waals surface area contributed by atoms with E-state index in [1.54, 1.807) is 35.7 Å². The molecule has 168 valence electrons. The molecule has 0 amide bonds. The van der Waals surface area contributed by atoms with Gasteiger partial charge in [-0.1, -0.05) is 0 Å². The van der Waals surface area contributed by atoms with Gasteiger partial charge in [-0.3, -0.25) is 15.6 Å². The molecular formula is C20H19N9O3S. The largest absolute Gasteiger partial charge is 0.395 e. The van der Waals surface area contributed by atoms with Gasteiger partial charge in [0.25, 0.3) is 5.95 Å². The summed E-state index contributed by atoms with van der Waals surface area (Å²) >= 11 is 0. The van der Waals surface area contributed by atoms with Crippen LogP contribution in [0.15, 0.2) is 66.0 Å². The van der Waals surface area contributed by atoms with Crippen molar-refractivity contribution in [3.8, 4) is 0 Å². The molecule has 33 heavy (non-hydrogen) atoms. The molecule has 12 nitrogen and oxygen atoms in total. The second-order valence-electron chi connectivity index (χ2n) is 7.08. The first-order valence-electron chi connectivity index (χ1n) is 9.90. The van der Waals surface area contributed by atoms with Crippen LogP contribution in [-0.4, -0.2) is 57.0 Å². The van der Waals surface area contributed by atoms with Crippen LogP contribution >= 0.6 is 0 Å². The first-order chi connectivity index (χ1) is 16.0. The number of nitrogens with one attached hydrogen (secondary N) is 4. The topological polar surface area (TPSA) is 165 Å². The number of sulfonamides is 1. The standard InChI is InChI=1S/C20H19N9O3S/c30-8-7-24-33(31,32)17-4-2-16(3-5-17)29(20-21-10-14-12-23-27-19(14)25-20)28-15-1-6-18-13(9-15)11-22-26-18/h1-6,9-12,24,28,30H,7-8H2,(H,22,26)(H,21,23,25,27). The van der Waals surface area contributed by atoms with E-state index in [1.807, 2.05) is 18.2 Å². The van der Waals surface area contributed by atoms with Gasteiger partial charge in [0.05, 0.1) is 46.2 Å². The number of benzene rings is 2. The summed E-state index contributed by atoms with van der Waals surface area (Å²) in [5.74, 6) is 0.327. The molecule has 5 rings (SSSR count). The molecule has 0 saturated carbocycles. The van der Waals surface area contributed by atoms with Crippen LogP contribution in [0.5, 0.6) is 0 Å².